The molecule has 0 fully saturated rings. The van der Waals surface area contributed by atoms with Gasteiger partial charge in [-0.15, -0.1) is 0 Å². The number of amides is 1. The SMILES string of the molecule is C[C@@H](CNC(=O)c1ccc([N+](=O)[O-])o1)N1CCc2ccccc21. The smallest absolute Gasteiger partial charge is 0.395 e. The van der Waals surface area contributed by atoms with E-state index in [0.29, 0.717) is 6.54 Å². The maximum absolute atomic E-state index is 12.0. The van der Waals surface area contributed by atoms with Gasteiger partial charge in [-0.2, -0.15) is 0 Å². The van der Waals surface area contributed by atoms with Gasteiger partial charge in [0, 0.05) is 24.8 Å². The largest absolute Gasteiger partial charge is 0.433 e. The molecule has 1 atom stereocenters. The number of fused-ring (bicyclic) bond motifs is 1. The van der Waals surface area contributed by atoms with Crippen LogP contribution in [0.25, 0.3) is 0 Å². The van der Waals surface area contributed by atoms with Gasteiger partial charge in [-0.1, -0.05) is 18.2 Å². The highest BCUT2D eigenvalue weighted by Crippen LogP contribution is 2.28. The van der Waals surface area contributed by atoms with Crippen LogP contribution in [0.2, 0.25) is 0 Å². The molecule has 7 heteroatoms. The highest BCUT2D eigenvalue weighted by Gasteiger charge is 2.24. The zero-order valence-electron chi connectivity index (χ0n) is 12.7. The Bertz CT molecular complexity index is 740. The van der Waals surface area contributed by atoms with E-state index in [1.54, 1.807) is 0 Å². The topological polar surface area (TPSA) is 88.6 Å². The summed E-state index contributed by atoms with van der Waals surface area (Å²) in [6.07, 6.45) is 0.999. The van der Waals surface area contributed by atoms with Crippen molar-refractivity contribution in [3.05, 3.63) is 57.8 Å². The summed E-state index contributed by atoms with van der Waals surface area (Å²) in [5.41, 5.74) is 2.51. The number of nitro groups is 1. The molecule has 7 nitrogen and oxygen atoms in total. The Labute approximate surface area is 133 Å². The molecule has 0 spiro atoms. The summed E-state index contributed by atoms with van der Waals surface area (Å²) in [6, 6.07) is 10.8. The van der Waals surface area contributed by atoms with Crippen molar-refractivity contribution >= 4 is 17.5 Å². The molecule has 1 aliphatic rings. The van der Waals surface area contributed by atoms with Crippen LogP contribution >= 0.6 is 0 Å². The minimum absolute atomic E-state index is 0.0503. The normalized spacial score (nSPS) is 14.4. The first-order chi connectivity index (χ1) is 11.1. The maximum Gasteiger partial charge on any atom is 0.433 e. The number of rotatable bonds is 5. The first kappa shape index (κ1) is 15.1. The molecule has 0 radical (unpaired) electrons. The molecule has 2 aromatic rings. The Morgan fingerprint density at radius 2 is 2.17 bits per heavy atom. The Morgan fingerprint density at radius 3 is 2.91 bits per heavy atom. The van der Waals surface area contributed by atoms with Crippen LogP contribution in [0.1, 0.15) is 23.0 Å². The molecule has 1 aromatic heterocycles. The average Bonchev–Trinajstić information content (AvgIpc) is 3.19. The molecule has 2 heterocycles. The fourth-order valence-corrected chi connectivity index (χ4v) is 2.81. The lowest BCUT2D eigenvalue weighted by Gasteiger charge is -2.27. The van der Waals surface area contributed by atoms with Crippen molar-refractivity contribution < 1.29 is 14.1 Å². The molecule has 0 saturated heterocycles. The van der Waals surface area contributed by atoms with Gasteiger partial charge in [0.25, 0.3) is 5.91 Å². The van der Waals surface area contributed by atoms with Crippen molar-refractivity contribution in [2.45, 2.75) is 19.4 Å². The third kappa shape index (κ3) is 3.03. The van der Waals surface area contributed by atoms with Crippen LogP contribution in [0.4, 0.5) is 11.6 Å². The molecule has 0 unspecified atom stereocenters. The minimum atomic E-state index is -0.666. The van der Waals surface area contributed by atoms with E-state index < -0.39 is 16.7 Å². The minimum Gasteiger partial charge on any atom is -0.395 e. The third-order valence-electron chi connectivity index (χ3n) is 4.01. The van der Waals surface area contributed by atoms with Gasteiger partial charge in [0.15, 0.2) is 5.76 Å². The maximum atomic E-state index is 12.0. The Balaban J connectivity index is 1.60. The molecule has 3 rings (SSSR count). The van der Waals surface area contributed by atoms with E-state index in [1.807, 2.05) is 19.1 Å². The van der Waals surface area contributed by atoms with E-state index in [-0.39, 0.29) is 11.8 Å². The van der Waals surface area contributed by atoms with Gasteiger partial charge in [-0.3, -0.25) is 14.9 Å². The number of carbonyl (C=O) groups excluding carboxylic acids is 1. The summed E-state index contributed by atoms with van der Waals surface area (Å²) in [5, 5.41) is 13.3. The highest BCUT2D eigenvalue weighted by atomic mass is 16.6. The molecule has 23 heavy (non-hydrogen) atoms. The van der Waals surface area contributed by atoms with Gasteiger partial charge in [-0.05, 0) is 31.0 Å². The molecule has 0 saturated carbocycles. The van der Waals surface area contributed by atoms with Crippen LogP contribution < -0.4 is 10.2 Å². The lowest BCUT2D eigenvalue weighted by Crippen LogP contribution is -2.41. The fourth-order valence-electron chi connectivity index (χ4n) is 2.81. The number of para-hydroxylation sites is 1. The predicted molar refractivity (Wildman–Crippen MR) is 84.6 cm³/mol. The summed E-state index contributed by atoms with van der Waals surface area (Å²) in [6.45, 7) is 3.39. The molecule has 1 N–H and O–H groups in total. The van der Waals surface area contributed by atoms with E-state index in [0.717, 1.165) is 13.0 Å². The van der Waals surface area contributed by atoms with Crippen molar-refractivity contribution in [2.24, 2.45) is 0 Å². The van der Waals surface area contributed by atoms with Crippen LogP contribution in [0.3, 0.4) is 0 Å². The second-order valence-electron chi connectivity index (χ2n) is 5.53. The third-order valence-corrected chi connectivity index (χ3v) is 4.01. The summed E-state index contributed by atoms with van der Waals surface area (Å²) in [5.74, 6) is -0.931. The predicted octanol–water partition coefficient (Wildman–Crippen LogP) is 2.37. The summed E-state index contributed by atoms with van der Waals surface area (Å²) in [7, 11) is 0. The first-order valence-electron chi connectivity index (χ1n) is 7.43. The zero-order chi connectivity index (χ0) is 16.4. The van der Waals surface area contributed by atoms with Crippen molar-refractivity contribution in [1.82, 2.24) is 5.32 Å². The zero-order valence-corrected chi connectivity index (χ0v) is 12.7. The standard InChI is InChI=1S/C16H17N3O4/c1-11(18-9-8-12-4-2-3-5-13(12)18)10-17-16(20)14-6-7-15(23-14)19(21)22/h2-7,11H,8-10H2,1H3,(H,17,20)/t11-/m0/s1. The quantitative estimate of drug-likeness (QED) is 0.676. The summed E-state index contributed by atoms with van der Waals surface area (Å²) >= 11 is 0. The van der Waals surface area contributed by atoms with Gasteiger partial charge < -0.3 is 14.6 Å². The van der Waals surface area contributed by atoms with E-state index in [2.05, 4.69) is 22.3 Å². The van der Waals surface area contributed by atoms with Gasteiger partial charge in [0.2, 0.25) is 0 Å². The van der Waals surface area contributed by atoms with Crippen molar-refractivity contribution in [3.8, 4) is 0 Å². The number of benzene rings is 1. The van der Waals surface area contributed by atoms with Gasteiger partial charge in [-0.25, -0.2) is 0 Å². The second-order valence-corrected chi connectivity index (χ2v) is 5.53. The van der Waals surface area contributed by atoms with Crippen LogP contribution in [-0.4, -0.2) is 30.0 Å². The lowest BCUT2D eigenvalue weighted by molar-refractivity contribution is -0.402. The van der Waals surface area contributed by atoms with Crippen LogP contribution in [0.5, 0.6) is 0 Å². The number of nitrogens with zero attached hydrogens (tertiary/aromatic N) is 2. The van der Waals surface area contributed by atoms with E-state index in [1.165, 1.54) is 23.4 Å². The van der Waals surface area contributed by atoms with Gasteiger partial charge >= 0.3 is 5.88 Å². The number of hydrogen-bond donors (Lipinski definition) is 1. The van der Waals surface area contributed by atoms with Crippen LogP contribution in [-0.2, 0) is 6.42 Å². The van der Waals surface area contributed by atoms with E-state index >= 15 is 0 Å². The number of nitrogens with one attached hydrogen (secondary N) is 1. The van der Waals surface area contributed by atoms with Crippen molar-refractivity contribution in [2.75, 3.05) is 18.0 Å². The first-order valence-corrected chi connectivity index (χ1v) is 7.43. The number of furan rings is 1. The van der Waals surface area contributed by atoms with Crippen molar-refractivity contribution in [1.29, 1.82) is 0 Å². The molecular weight excluding hydrogens is 298 g/mol. The Hall–Kier alpha value is -2.83. The summed E-state index contributed by atoms with van der Waals surface area (Å²) < 4.78 is 4.90. The van der Waals surface area contributed by atoms with E-state index in [9.17, 15) is 14.9 Å². The monoisotopic (exact) mass is 315 g/mol. The molecule has 120 valence electrons. The molecule has 0 bridgehead atoms. The number of carbonyl (C=O) groups is 1. The van der Waals surface area contributed by atoms with Gasteiger partial charge in [0.05, 0.1) is 6.07 Å². The molecule has 1 amide bonds. The summed E-state index contributed by atoms with van der Waals surface area (Å²) in [4.78, 5) is 24.2. The Kier molecular flexibility index (Phi) is 4.01. The molecular formula is C16H17N3O4. The van der Waals surface area contributed by atoms with Gasteiger partial charge in [0.1, 0.15) is 4.92 Å². The second kappa shape index (κ2) is 6.12. The molecule has 1 aliphatic heterocycles. The number of hydrogen-bond acceptors (Lipinski definition) is 5. The van der Waals surface area contributed by atoms with E-state index in [4.69, 9.17) is 4.42 Å². The highest BCUT2D eigenvalue weighted by molar-refractivity contribution is 5.91. The van der Waals surface area contributed by atoms with Crippen LogP contribution in [0, 0.1) is 10.1 Å². The lowest BCUT2D eigenvalue weighted by atomic mass is 10.2. The molecule has 1 aromatic carbocycles. The number of anilines is 1. The average molecular weight is 315 g/mol. The fraction of sp³-hybridized carbons (Fsp3) is 0.312. The molecule has 0 aliphatic carbocycles. The van der Waals surface area contributed by atoms with Crippen molar-refractivity contribution in [3.63, 3.8) is 0 Å². The van der Waals surface area contributed by atoms with Crippen LogP contribution in [0.15, 0.2) is 40.8 Å². The Morgan fingerprint density at radius 1 is 1.39 bits per heavy atom.